The molecule has 1 heterocycles. The molecule has 0 bridgehead atoms. The van der Waals surface area contributed by atoms with Crippen molar-refractivity contribution in [3.8, 4) is 0 Å². The van der Waals surface area contributed by atoms with Gasteiger partial charge in [-0.3, -0.25) is 4.72 Å². The summed E-state index contributed by atoms with van der Waals surface area (Å²) in [5.41, 5.74) is 0.460. The third-order valence-electron chi connectivity index (χ3n) is 2.71. The van der Waals surface area contributed by atoms with Gasteiger partial charge in [-0.2, -0.15) is 12.7 Å². The van der Waals surface area contributed by atoms with Gasteiger partial charge >= 0.3 is 10.2 Å². The van der Waals surface area contributed by atoms with E-state index in [2.05, 4.69) is 16.6 Å². The van der Waals surface area contributed by atoms with Gasteiger partial charge in [0.05, 0.1) is 11.9 Å². The highest BCUT2D eigenvalue weighted by Gasteiger charge is 2.13. The molecule has 0 unspecified atom stereocenters. The summed E-state index contributed by atoms with van der Waals surface area (Å²) < 4.78 is 26.8. The molecule has 7 heteroatoms. The van der Waals surface area contributed by atoms with E-state index in [0.29, 0.717) is 5.69 Å². The Morgan fingerprint density at radius 3 is 2.42 bits per heavy atom. The van der Waals surface area contributed by atoms with Gasteiger partial charge in [-0.25, -0.2) is 4.98 Å². The third-order valence-corrected chi connectivity index (χ3v) is 4.17. The molecule has 0 atom stereocenters. The summed E-state index contributed by atoms with van der Waals surface area (Å²) >= 11 is 0. The lowest BCUT2D eigenvalue weighted by Crippen LogP contribution is -2.29. The molecule has 0 aliphatic heterocycles. The minimum atomic E-state index is -3.47. The molecular weight excluding hydrogens is 264 g/mol. The maximum absolute atomic E-state index is 11.6. The van der Waals surface area contributed by atoms with Crippen molar-refractivity contribution in [2.45, 2.75) is 19.8 Å². The molecule has 0 saturated carbocycles. The molecule has 0 aliphatic rings. The van der Waals surface area contributed by atoms with Gasteiger partial charge < -0.3 is 4.90 Å². The maximum Gasteiger partial charge on any atom is 0.301 e. The van der Waals surface area contributed by atoms with Gasteiger partial charge in [-0.15, -0.1) is 0 Å². The average molecular weight is 286 g/mol. The second kappa shape index (κ2) is 6.72. The Morgan fingerprint density at radius 2 is 1.95 bits per heavy atom. The summed E-state index contributed by atoms with van der Waals surface area (Å²) in [6.07, 6.45) is 3.76. The Bertz CT molecular complexity index is 485. The molecular formula is C12H22N4O2S. The van der Waals surface area contributed by atoms with E-state index < -0.39 is 10.2 Å². The molecule has 0 saturated heterocycles. The SMILES string of the molecule is CCCCN(C)c1ccc(NS(=O)(=O)N(C)C)cn1. The van der Waals surface area contributed by atoms with Gasteiger partial charge in [-0.1, -0.05) is 13.3 Å². The van der Waals surface area contributed by atoms with Crippen LogP contribution in [0.3, 0.4) is 0 Å². The van der Waals surface area contributed by atoms with E-state index in [1.54, 1.807) is 6.07 Å². The van der Waals surface area contributed by atoms with Crippen LogP contribution >= 0.6 is 0 Å². The van der Waals surface area contributed by atoms with Gasteiger partial charge in [0, 0.05) is 27.7 Å². The first-order valence-electron chi connectivity index (χ1n) is 6.24. The fourth-order valence-electron chi connectivity index (χ4n) is 1.42. The van der Waals surface area contributed by atoms with E-state index in [1.165, 1.54) is 20.3 Å². The Kier molecular flexibility index (Phi) is 5.56. The minimum Gasteiger partial charge on any atom is -0.360 e. The number of nitrogens with zero attached hydrogens (tertiary/aromatic N) is 3. The number of rotatable bonds is 7. The summed E-state index contributed by atoms with van der Waals surface area (Å²) in [4.78, 5) is 6.30. The van der Waals surface area contributed by atoms with Crippen LogP contribution in [0.15, 0.2) is 18.3 Å². The third kappa shape index (κ3) is 4.68. The van der Waals surface area contributed by atoms with Crippen LogP contribution in [-0.2, 0) is 10.2 Å². The molecule has 1 rings (SSSR count). The highest BCUT2D eigenvalue weighted by Crippen LogP contribution is 2.14. The zero-order chi connectivity index (χ0) is 14.5. The van der Waals surface area contributed by atoms with E-state index in [4.69, 9.17) is 0 Å². The predicted molar refractivity (Wildman–Crippen MR) is 78.6 cm³/mol. The molecule has 0 aromatic carbocycles. The Morgan fingerprint density at radius 1 is 1.26 bits per heavy atom. The van der Waals surface area contributed by atoms with Crippen LogP contribution in [0.25, 0.3) is 0 Å². The summed E-state index contributed by atoms with van der Waals surface area (Å²) in [7, 11) is 1.45. The lowest BCUT2D eigenvalue weighted by atomic mass is 10.3. The molecule has 0 spiro atoms. The standard InChI is InChI=1S/C12H22N4O2S/c1-5-6-9-16(4)12-8-7-11(10-13-12)14-19(17,18)15(2)3/h7-8,10,14H,5-6,9H2,1-4H3. The second-order valence-corrected chi connectivity index (χ2v) is 6.45. The number of aromatic nitrogens is 1. The van der Waals surface area contributed by atoms with E-state index in [-0.39, 0.29) is 0 Å². The predicted octanol–water partition coefficient (Wildman–Crippen LogP) is 1.54. The number of hydrogen-bond acceptors (Lipinski definition) is 4. The maximum atomic E-state index is 11.6. The minimum absolute atomic E-state index is 0.460. The smallest absolute Gasteiger partial charge is 0.301 e. The lowest BCUT2D eigenvalue weighted by molar-refractivity contribution is 0.527. The second-order valence-electron chi connectivity index (χ2n) is 4.57. The highest BCUT2D eigenvalue weighted by atomic mass is 32.2. The van der Waals surface area contributed by atoms with Crippen molar-refractivity contribution < 1.29 is 8.42 Å². The van der Waals surface area contributed by atoms with Crippen molar-refractivity contribution in [1.29, 1.82) is 0 Å². The van der Waals surface area contributed by atoms with Crippen LogP contribution in [0.4, 0.5) is 11.5 Å². The molecule has 108 valence electrons. The first kappa shape index (κ1) is 15.7. The van der Waals surface area contributed by atoms with Gasteiger partial charge in [0.2, 0.25) is 0 Å². The van der Waals surface area contributed by atoms with Crippen molar-refractivity contribution in [3.05, 3.63) is 18.3 Å². The van der Waals surface area contributed by atoms with Crippen molar-refractivity contribution in [1.82, 2.24) is 9.29 Å². The highest BCUT2D eigenvalue weighted by molar-refractivity contribution is 7.90. The zero-order valence-corrected chi connectivity index (χ0v) is 12.7. The average Bonchev–Trinajstić information content (AvgIpc) is 2.36. The fourth-order valence-corrected chi connectivity index (χ4v) is 2.02. The Labute approximate surface area is 115 Å². The van der Waals surface area contributed by atoms with Crippen LogP contribution in [-0.4, -0.2) is 45.4 Å². The van der Waals surface area contributed by atoms with Crippen molar-refractivity contribution in [2.75, 3.05) is 37.3 Å². The van der Waals surface area contributed by atoms with E-state index in [0.717, 1.165) is 29.5 Å². The number of pyridine rings is 1. The van der Waals surface area contributed by atoms with Crippen molar-refractivity contribution in [2.24, 2.45) is 0 Å². The molecule has 0 amide bonds. The molecule has 0 radical (unpaired) electrons. The number of anilines is 2. The van der Waals surface area contributed by atoms with Gasteiger partial charge in [-0.05, 0) is 18.6 Å². The van der Waals surface area contributed by atoms with Crippen molar-refractivity contribution in [3.63, 3.8) is 0 Å². The molecule has 19 heavy (non-hydrogen) atoms. The van der Waals surface area contributed by atoms with E-state index in [9.17, 15) is 8.42 Å². The van der Waals surface area contributed by atoms with Crippen LogP contribution < -0.4 is 9.62 Å². The summed E-state index contributed by atoms with van der Waals surface area (Å²) in [5.74, 6) is 0.834. The summed E-state index contributed by atoms with van der Waals surface area (Å²) in [5, 5.41) is 0. The molecule has 6 nitrogen and oxygen atoms in total. The van der Waals surface area contributed by atoms with E-state index >= 15 is 0 Å². The first-order chi connectivity index (χ1) is 8.86. The molecule has 1 N–H and O–H groups in total. The summed E-state index contributed by atoms with van der Waals surface area (Å²) in [6.45, 7) is 3.08. The number of nitrogens with one attached hydrogen (secondary N) is 1. The zero-order valence-electron chi connectivity index (χ0n) is 11.9. The number of hydrogen-bond donors (Lipinski definition) is 1. The lowest BCUT2D eigenvalue weighted by Gasteiger charge is -2.18. The monoisotopic (exact) mass is 286 g/mol. The van der Waals surface area contributed by atoms with Crippen LogP contribution in [0.1, 0.15) is 19.8 Å². The van der Waals surface area contributed by atoms with E-state index in [1.807, 2.05) is 18.0 Å². The summed E-state index contributed by atoms with van der Waals surface area (Å²) in [6, 6.07) is 3.52. The quantitative estimate of drug-likeness (QED) is 0.825. The van der Waals surface area contributed by atoms with Crippen molar-refractivity contribution >= 4 is 21.7 Å². The Balaban J connectivity index is 2.72. The fraction of sp³-hybridized carbons (Fsp3) is 0.583. The molecule has 0 fully saturated rings. The molecule has 0 aliphatic carbocycles. The van der Waals surface area contributed by atoms with Gasteiger partial charge in [0.25, 0.3) is 0 Å². The molecule has 1 aromatic rings. The largest absolute Gasteiger partial charge is 0.360 e. The van der Waals surface area contributed by atoms with Gasteiger partial charge in [0.1, 0.15) is 5.82 Å². The van der Waals surface area contributed by atoms with Gasteiger partial charge in [0.15, 0.2) is 0 Å². The molecule has 1 aromatic heterocycles. The van der Waals surface area contributed by atoms with Crippen LogP contribution in [0.2, 0.25) is 0 Å². The topological polar surface area (TPSA) is 65.5 Å². The van der Waals surface area contributed by atoms with Crippen LogP contribution in [0.5, 0.6) is 0 Å². The van der Waals surface area contributed by atoms with Crippen LogP contribution in [0, 0.1) is 0 Å². The Hall–Kier alpha value is -1.34. The normalized spacial score (nSPS) is 11.6. The first-order valence-corrected chi connectivity index (χ1v) is 7.68. The number of unbranched alkanes of at least 4 members (excludes halogenated alkanes) is 1.